The molecule has 0 saturated heterocycles. The standard InChI is InChI=1S/C16H16FNO2S2/c1-12-10-21-16-5-3-2-4-15(16)18(12)22(19,20)11-13-6-8-14(17)9-7-13/h2-9,12H,10-11H2,1H3. The molecule has 1 aliphatic heterocycles. The predicted octanol–water partition coefficient (Wildman–Crippen LogP) is 3.66. The lowest BCUT2D eigenvalue weighted by atomic mass is 10.2. The number of hydrogen-bond acceptors (Lipinski definition) is 3. The van der Waals surface area contributed by atoms with Crippen LogP contribution in [-0.2, 0) is 15.8 Å². The van der Waals surface area contributed by atoms with Crippen molar-refractivity contribution in [3.63, 3.8) is 0 Å². The molecule has 116 valence electrons. The lowest BCUT2D eigenvalue weighted by Crippen LogP contribution is -2.43. The number of hydrogen-bond donors (Lipinski definition) is 0. The Morgan fingerprint density at radius 3 is 2.59 bits per heavy atom. The summed E-state index contributed by atoms with van der Waals surface area (Å²) in [6.07, 6.45) is 0. The van der Waals surface area contributed by atoms with Gasteiger partial charge in [-0.05, 0) is 36.8 Å². The largest absolute Gasteiger partial charge is 0.265 e. The quantitative estimate of drug-likeness (QED) is 0.858. The molecule has 1 unspecified atom stereocenters. The minimum Gasteiger partial charge on any atom is -0.265 e. The molecule has 0 amide bonds. The smallest absolute Gasteiger partial charge is 0.239 e. The Labute approximate surface area is 134 Å². The van der Waals surface area contributed by atoms with Gasteiger partial charge in [-0.3, -0.25) is 4.31 Å². The van der Waals surface area contributed by atoms with E-state index in [-0.39, 0.29) is 17.6 Å². The summed E-state index contributed by atoms with van der Waals surface area (Å²) in [4.78, 5) is 0.975. The third kappa shape index (κ3) is 2.98. The van der Waals surface area contributed by atoms with Gasteiger partial charge in [0.05, 0.1) is 17.5 Å². The third-order valence-corrected chi connectivity index (χ3v) is 6.70. The van der Waals surface area contributed by atoms with E-state index in [1.54, 1.807) is 11.8 Å². The van der Waals surface area contributed by atoms with Gasteiger partial charge in [-0.1, -0.05) is 24.3 Å². The SMILES string of the molecule is CC1CSc2ccccc2N1S(=O)(=O)Cc1ccc(F)cc1. The van der Waals surface area contributed by atoms with Crippen molar-refractivity contribution in [2.45, 2.75) is 23.6 Å². The van der Waals surface area contributed by atoms with E-state index in [2.05, 4.69) is 0 Å². The fraction of sp³-hybridized carbons (Fsp3) is 0.250. The van der Waals surface area contributed by atoms with Crippen molar-refractivity contribution in [2.75, 3.05) is 10.1 Å². The van der Waals surface area contributed by atoms with Crippen LogP contribution in [0.3, 0.4) is 0 Å². The first-order valence-electron chi connectivity index (χ1n) is 6.96. The summed E-state index contributed by atoms with van der Waals surface area (Å²) in [5, 5.41) is 0. The van der Waals surface area contributed by atoms with Crippen LogP contribution in [0.5, 0.6) is 0 Å². The van der Waals surface area contributed by atoms with Gasteiger partial charge in [0.25, 0.3) is 0 Å². The van der Waals surface area contributed by atoms with E-state index >= 15 is 0 Å². The molecule has 0 aliphatic carbocycles. The molecule has 1 aliphatic rings. The molecule has 6 heteroatoms. The normalized spacial score (nSPS) is 18.1. The summed E-state index contributed by atoms with van der Waals surface area (Å²) >= 11 is 1.67. The molecular weight excluding hydrogens is 321 g/mol. The molecule has 3 nitrogen and oxygen atoms in total. The van der Waals surface area contributed by atoms with E-state index in [9.17, 15) is 12.8 Å². The first-order valence-corrected chi connectivity index (χ1v) is 9.55. The van der Waals surface area contributed by atoms with Crippen LogP contribution >= 0.6 is 11.8 Å². The maximum atomic E-state index is 13.0. The Kier molecular flexibility index (Phi) is 4.14. The number of rotatable bonds is 3. The van der Waals surface area contributed by atoms with Gasteiger partial charge in [0.1, 0.15) is 5.82 Å². The van der Waals surface area contributed by atoms with Gasteiger partial charge in [0.15, 0.2) is 0 Å². The van der Waals surface area contributed by atoms with Crippen LogP contribution in [0.25, 0.3) is 0 Å². The van der Waals surface area contributed by atoms with Crippen LogP contribution in [0.2, 0.25) is 0 Å². The molecule has 2 aromatic carbocycles. The molecule has 0 bridgehead atoms. The zero-order valence-corrected chi connectivity index (χ0v) is 13.7. The molecule has 0 saturated carbocycles. The summed E-state index contributed by atoms with van der Waals surface area (Å²) in [6, 6.07) is 13.0. The van der Waals surface area contributed by atoms with Crippen LogP contribution in [-0.4, -0.2) is 20.2 Å². The monoisotopic (exact) mass is 337 g/mol. The van der Waals surface area contributed by atoms with Crippen LogP contribution in [0.1, 0.15) is 12.5 Å². The summed E-state index contributed by atoms with van der Waals surface area (Å²) in [5.74, 6) is 0.227. The highest BCUT2D eigenvalue weighted by Gasteiger charge is 2.32. The first kappa shape index (κ1) is 15.4. The number of nitrogens with zero attached hydrogens (tertiary/aromatic N) is 1. The van der Waals surface area contributed by atoms with Gasteiger partial charge in [-0.25, -0.2) is 12.8 Å². The molecule has 0 spiro atoms. The second-order valence-electron chi connectivity index (χ2n) is 5.31. The molecule has 0 fully saturated rings. The second-order valence-corrected chi connectivity index (χ2v) is 8.21. The lowest BCUT2D eigenvalue weighted by molar-refractivity contribution is 0.582. The Morgan fingerprint density at radius 2 is 1.86 bits per heavy atom. The van der Waals surface area contributed by atoms with Crippen LogP contribution in [0, 0.1) is 5.82 Å². The highest BCUT2D eigenvalue weighted by Crippen LogP contribution is 2.39. The van der Waals surface area contributed by atoms with E-state index in [1.165, 1.54) is 28.6 Å². The Morgan fingerprint density at radius 1 is 1.18 bits per heavy atom. The van der Waals surface area contributed by atoms with Crippen molar-refractivity contribution in [1.82, 2.24) is 0 Å². The third-order valence-electron chi connectivity index (χ3n) is 3.55. The number of halogens is 1. The number of thioether (sulfide) groups is 1. The fourth-order valence-electron chi connectivity index (χ4n) is 2.56. The molecule has 0 radical (unpaired) electrons. The van der Waals surface area contributed by atoms with Gasteiger partial charge in [0.2, 0.25) is 10.0 Å². The van der Waals surface area contributed by atoms with Gasteiger partial charge in [0, 0.05) is 10.6 Å². The number of para-hydroxylation sites is 1. The lowest BCUT2D eigenvalue weighted by Gasteiger charge is -2.35. The van der Waals surface area contributed by atoms with Crippen molar-refractivity contribution in [3.05, 3.63) is 59.9 Å². The summed E-state index contributed by atoms with van der Waals surface area (Å²) in [5.41, 5.74) is 1.32. The van der Waals surface area contributed by atoms with Crippen molar-refractivity contribution in [2.24, 2.45) is 0 Å². The fourth-order valence-corrected chi connectivity index (χ4v) is 5.61. The molecule has 0 aromatic heterocycles. The average molecular weight is 337 g/mol. The maximum absolute atomic E-state index is 13.0. The van der Waals surface area contributed by atoms with Crippen LogP contribution in [0.15, 0.2) is 53.4 Å². The number of sulfonamides is 1. The predicted molar refractivity (Wildman–Crippen MR) is 88.1 cm³/mol. The van der Waals surface area contributed by atoms with Crippen molar-refractivity contribution in [1.29, 1.82) is 0 Å². The van der Waals surface area contributed by atoms with E-state index in [4.69, 9.17) is 0 Å². The Balaban J connectivity index is 1.96. The highest BCUT2D eigenvalue weighted by atomic mass is 32.2. The molecule has 2 aromatic rings. The van der Waals surface area contributed by atoms with Crippen molar-refractivity contribution < 1.29 is 12.8 Å². The first-order chi connectivity index (χ1) is 10.5. The summed E-state index contributed by atoms with van der Waals surface area (Å²) < 4.78 is 40.1. The minimum atomic E-state index is -3.51. The second kappa shape index (κ2) is 5.93. The maximum Gasteiger partial charge on any atom is 0.239 e. The van der Waals surface area contributed by atoms with E-state index in [1.807, 2.05) is 31.2 Å². The average Bonchev–Trinajstić information content (AvgIpc) is 2.49. The number of benzene rings is 2. The van der Waals surface area contributed by atoms with E-state index in [0.29, 0.717) is 5.56 Å². The molecular formula is C16H16FNO2S2. The number of anilines is 1. The minimum absolute atomic E-state index is 0.106. The molecule has 3 rings (SSSR count). The van der Waals surface area contributed by atoms with Crippen molar-refractivity contribution in [3.8, 4) is 0 Å². The Hall–Kier alpha value is -1.53. The topological polar surface area (TPSA) is 37.4 Å². The Bertz CT molecular complexity index is 775. The van der Waals surface area contributed by atoms with Gasteiger partial charge < -0.3 is 0 Å². The number of fused-ring (bicyclic) bond motifs is 1. The summed E-state index contributed by atoms with van der Waals surface area (Å²) in [7, 11) is -3.51. The molecule has 1 heterocycles. The van der Waals surface area contributed by atoms with Crippen molar-refractivity contribution >= 4 is 27.5 Å². The van der Waals surface area contributed by atoms with Gasteiger partial charge in [-0.15, -0.1) is 11.8 Å². The van der Waals surface area contributed by atoms with E-state index in [0.717, 1.165) is 16.3 Å². The van der Waals surface area contributed by atoms with Crippen LogP contribution in [0.4, 0.5) is 10.1 Å². The summed E-state index contributed by atoms with van der Waals surface area (Å²) in [6.45, 7) is 1.91. The van der Waals surface area contributed by atoms with Gasteiger partial charge in [-0.2, -0.15) is 0 Å². The van der Waals surface area contributed by atoms with E-state index < -0.39 is 10.0 Å². The van der Waals surface area contributed by atoms with Gasteiger partial charge >= 0.3 is 0 Å². The molecule has 22 heavy (non-hydrogen) atoms. The zero-order chi connectivity index (χ0) is 15.7. The van der Waals surface area contributed by atoms with Crippen LogP contribution < -0.4 is 4.31 Å². The highest BCUT2D eigenvalue weighted by molar-refractivity contribution is 8.00. The molecule has 0 N–H and O–H groups in total. The zero-order valence-electron chi connectivity index (χ0n) is 12.1. The molecule has 1 atom stereocenters.